The van der Waals surface area contributed by atoms with Gasteiger partial charge in [-0.1, -0.05) is 15.9 Å². The van der Waals surface area contributed by atoms with Crippen molar-refractivity contribution in [1.29, 1.82) is 0 Å². The highest BCUT2D eigenvalue weighted by Crippen LogP contribution is 2.16. The van der Waals surface area contributed by atoms with E-state index in [0.29, 0.717) is 0 Å². The van der Waals surface area contributed by atoms with Gasteiger partial charge in [-0.15, -0.1) is 0 Å². The molecule has 0 fully saturated rings. The molecule has 1 rings (SSSR count). The highest BCUT2D eigenvalue weighted by atomic mass is 79.9. The molecule has 4 nitrogen and oxygen atoms in total. The first kappa shape index (κ1) is 12.2. The van der Waals surface area contributed by atoms with Crippen LogP contribution in [-0.2, 0) is 14.6 Å². The summed E-state index contributed by atoms with van der Waals surface area (Å²) in [6.07, 6.45) is -0.488. The third-order valence-corrected chi connectivity index (χ3v) is 4.01. The maximum atomic E-state index is 11.5. The van der Waals surface area contributed by atoms with Crippen LogP contribution in [0.2, 0.25) is 0 Å². The number of halogens is 1. The summed E-state index contributed by atoms with van der Waals surface area (Å²) in [7, 11) is -3.51. The van der Waals surface area contributed by atoms with Crippen LogP contribution < -0.4 is 5.11 Å². The SMILES string of the molecule is O=C([O-])CCS(=O)(=O)c1ccc(Br)cc1. The smallest absolute Gasteiger partial charge is 0.178 e. The highest BCUT2D eigenvalue weighted by Gasteiger charge is 2.13. The molecule has 0 atom stereocenters. The molecular formula is C9H8BrO4S-. The fraction of sp³-hybridized carbons (Fsp3) is 0.222. The Morgan fingerprint density at radius 1 is 1.27 bits per heavy atom. The molecule has 0 amide bonds. The minimum Gasteiger partial charge on any atom is -0.550 e. The predicted molar refractivity (Wildman–Crippen MR) is 55.8 cm³/mol. The number of carbonyl (C=O) groups is 1. The zero-order chi connectivity index (χ0) is 11.5. The highest BCUT2D eigenvalue weighted by molar-refractivity contribution is 9.10. The summed E-state index contributed by atoms with van der Waals surface area (Å²) >= 11 is 3.18. The Kier molecular flexibility index (Phi) is 3.87. The van der Waals surface area contributed by atoms with Gasteiger partial charge in [0.05, 0.1) is 10.6 Å². The summed E-state index contributed by atoms with van der Waals surface area (Å²) in [6, 6.07) is 6.03. The normalized spacial score (nSPS) is 11.3. The van der Waals surface area contributed by atoms with Gasteiger partial charge in [-0.3, -0.25) is 0 Å². The summed E-state index contributed by atoms with van der Waals surface area (Å²) < 4.78 is 23.8. The summed E-state index contributed by atoms with van der Waals surface area (Å²) in [5.41, 5.74) is 0. The van der Waals surface area contributed by atoms with Crippen LogP contribution in [0.4, 0.5) is 0 Å². The van der Waals surface area contributed by atoms with E-state index in [1.807, 2.05) is 0 Å². The average Bonchev–Trinajstić information content (AvgIpc) is 2.16. The molecule has 0 aliphatic rings. The number of benzene rings is 1. The van der Waals surface area contributed by atoms with E-state index < -0.39 is 28.0 Å². The van der Waals surface area contributed by atoms with Crippen LogP contribution in [0.1, 0.15) is 6.42 Å². The number of sulfone groups is 1. The van der Waals surface area contributed by atoms with E-state index in [1.54, 1.807) is 12.1 Å². The van der Waals surface area contributed by atoms with Crippen LogP contribution in [-0.4, -0.2) is 20.1 Å². The second-order valence-corrected chi connectivity index (χ2v) is 5.92. The minimum atomic E-state index is -3.51. The molecule has 0 aromatic heterocycles. The van der Waals surface area contributed by atoms with Crippen LogP contribution in [0.25, 0.3) is 0 Å². The quantitative estimate of drug-likeness (QED) is 0.803. The van der Waals surface area contributed by atoms with Crippen LogP contribution in [0.5, 0.6) is 0 Å². The van der Waals surface area contributed by atoms with E-state index in [1.165, 1.54) is 12.1 Å². The third kappa shape index (κ3) is 3.64. The Labute approximate surface area is 96.0 Å². The van der Waals surface area contributed by atoms with E-state index in [0.717, 1.165) is 4.47 Å². The molecule has 15 heavy (non-hydrogen) atoms. The maximum Gasteiger partial charge on any atom is 0.178 e. The Balaban J connectivity index is 2.87. The maximum absolute atomic E-state index is 11.5. The van der Waals surface area contributed by atoms with Crippen LogP contribution in [0.3, 0.4) is 0 Å². The predicted octanol–water partition coefficient (Wildman–Crippen LogP) is 0.363. The molecule has 1 aromatic carbocycles. The van der Waals surface area contributed by atoms with Crippen molar-refractivity contribution in [3.63, 3.8) is 0 Å². The molecule has 0 unspecified atom stereocenters. The largest absolute Gasteiger partial charge is 0.550 e. The molecule has 0 heterocycles. The molecule has 0 N–H and O–H groups in total. The van der Waals surface area contributed by atoms with Crippen molar-refractivity contribution < 1.29 is 18.3 Å². The molecule has 0 saturated carbocycles. The number of hydrogen-bond donors (Lipinski definition) is 0. The van der Waals surface area contributed by atoms with Gasteiger partial charge in [-0.05, 0) is 24.3 Å². The van der Waals surface area contributed by atoms with Crippen molar-refractivity contribution in [2.45, 2.75) is 11.3 Å². The van der Waals surface area contributed by atoms with Crippen molar-refractivity contribution in [2.75, 3.05) is 5.75 Å². The Hall–Kier alpha value is -0.880. The fourth-order valence-electron chi connectivity index (χ4n) is 0.977. The lowest BCUT2D eigenvalue weighted by atomic mass is 10.4. The average molecular weight is 292 g/mol. The molecule has 1 aromatic rings. The van der Waals surface area contributed by atoms with Gasteiger partial charge in [-0.25, -0.2) is 8.42 Å². The molecule has 0 spiro atoms. The summed E-state index contributed by atoms with van der Waals surface area (Å²) in [4.78, 5) is 10.3. The van der Waals surface area contributed by atoms with Crippen LogP contribution >= 0.6 is 15.9 Å². The van der Waals surface area contributed by atoms with Gasteiger partial charge >= 0.3 is 0 Å². The standard InChI is InChI=1S/C9H9BrO4S/c10-7-1-3-8(4-2-7)15(13,14)6-5-9(11)12/h1-4H,5-6H2,(H,11,12)/p-1. The number of hydrogen-bond acceptors (Lipinski definition) is 4. The van der Waals surface area contributed by atoms with Gasteiger partial charge in [0.2, 0.25) is 0 Å². The number of carboxylic acids is 1. The van der Waals surface area contributed by atoms with E-state index in [9.17, 15) is 18.3 Å². The lowest BCUT2D eigenvalue weighted by Gasteiger charge is -2.04. The number of rotatable bonds is 4. The summed E-state index contributed by atoms with van der Waals surface area (Å²) in [5, 5.41) is 10.1. The van der Waals surface area contributed by atoms with E-state index >= 15 is 0 Å². The zero-order valence-electron chi connectivity index (χ0n) is 7.64. The Morgan fingerprint density at radius 2 is 1.80 bits per heavy atom. The first-order valence-corrected chi connectivity index (χ1v) is 6.54. The Morgan fingerprint density at radius 3 is 2.27 bits per heavy atom. The number of carboxylic acid groups (broad SMARTS) is 1. The molecule has 0 radical (unpaired) electrons. The van der Waals surface area contributed by atoms with E-state index in [2.05, 4.69) is 15.9 Å². The lowest BCUT2D eigenvalue weighted by Crippen LogP contribution is -2.25. The van der Waals surface area contributed by atoms with Crippen molar-refractivity contribution in [3.05, 3.63) is 28.7 Å². The van der Waals surface area contributed by atoms with Crippen molar-refractivity contribution in [1.82, 2.24) is 0 Å². The molecule has 6 heteroatoms. The topological polar surface area (TPSA) is 74.3 Å². The van der Waals surface area contributed by atoms with Gasteiger partial charge in [0.15, 0.2) is 9.84 Å². The first-order valence-electron chi connectivity index (χ1n) is 4.10. The monoisotopic (exact) mass is 291 g/mol. The van der Waals surface area contributed by atoms with Gasteiger partial charge < -0.3 is 9.90 Å². The molecular weight excluding hydrogens is 284 g/mol. The van der Waals surface area contributed by atoms with Gasteiger partial charge in [0.1, 0.15) is 0 Å². The molecule has 82 valence electrons. The van der Waals surface area contributed by atoms with Gasteiger partial charge in [-0.2, -0.15) is 0 Å². The van der Waals surface area contributed by atoms with E-state index in [4.69, 9.17) is 0 Å². The molecule has 0 bridgehead atoms. The summed E-state index contributed by atoms with van der Waals surface area (Å²) in [5.74, 6) is -1.80. The Bertz CT molecular complexity index is 450. The fourth-order valence-corrected chi connectivity index (χ4v) is 2.46. The first-order chi connectivity index (χ1) is 6.92. The van der Waals surface area contributed by atoms with Crippen molar-refractivity contribution >= 4 is 31.7 Å². The number of aliphatic carboxylic acids is 1. The van der Waals surface area contributed by atoms with Gasteiger partial charge in [0.25, 0.3) is 0 Å². The zero-order valence-corrected chi connectivity index (χ0v) is 10.0. The molecule has 0 aliphatic heterocycles. The lowest BCUT2D eigenvalue weighted by molar-refractivity contribution is -0.305. The third-order valence-electron chi connectivity index (χ3n) is 1.75. The number of carbonyl (C=O) groups excluding carboxylic acids is 1. The van der Waals surface area contributed by atoms with Gasteiger partial charge in [0, 0.05) is 16.9 Å². The van der Waals surface area contributed by atoms with Crippen molar-refractivity contribution in [3.8, 4) is 0 Å². The molecule has 0 aliphatic carbocycles. The van der Waals surface area contributed by atoms with Crippen LogP contribution in [0, 0.1) is 0 Å². The second-order valence-electron chi connectivity index (χ2n) is 2.89. The molecule has 0 saturated heterocycles. The van der Waals surface area contributed by atoms with E-state index in [-0.39, 0.29) is 4.90 Å². The van der Waals surface area contributed by atoms with Crippen LogP contribution in [0.15, 0.2) is 33.6 Å². The minimum absolute atomic E-state index is 0.118. The summed E-state index contributed by atoms with van der Waals surface area (Å²) in [6.45, 7) is 0. The second kappa shape index (κ2) is 4.76. The van der Waals surface area contributed by atoms with Crippen molar-refractivity contribution in [2.24, 2.45) is 0 Å².